The van der Waals surface area contributed by atoms with Crippen molar-refractivity contribution in [2.45, 2.75) is 25.8 Å². The number of hydrogen-bond acceptors (Lipinski definition) is 6. The van der Waals surface area contributed by atoms with Gasteiger partial charge in [0.25, 0.3) is 5.56 Å². The molecule has 1 aliphatic heterocycles. The van der Waals surface area contributed by atoms with Crippen molar-refractivity contribution in [3.63, 3.8) is 0 Å². The van der Waals surface area contributed by atoms with Gasteiger partial charge in [0.05, 0.1) is 7.11 Å². The minimum absolute atomic E-state index is 0.0861. The SMILES string of the molecule is COC(=O)C(c1ccccc1Cl)N1CCN(C(=O)CCc2c(C)[nH]c(=O)[nH]c2=O)CC1. The molecule has 9 nitrogen and oxygen atoms in total. The van der Waals surface area contributed by atoms with Crippen molar-refractivity contribution in [1.29, 1.82) is 0 Å². The van der Waals surface area contributed by atoms with Crippen LogP contribution < -0.4 is 11.2 Å². The van der Waals surface area contributed by atoms with Gasteiger partial charge in [-0.2, -0.15) is 0 Å². The van der Waals surface area contributed by atoms with E-state index in [0.717, 1.165) is 0 Å². The van der Waals surface area contributed by atoms with Gasteiger partial charge in [-0.15, -0.1) is 0 Å². The van der Waals surface area contributed by atoms with Crippen molar-refractivity contribution in [1.82, 2.24) is 19.8 Å². The molecule has 1 unspecified atom stereocenters. The van der Waals surface area contributed by atoms with Crippen LogP contribution in [0.5, 0.6) is 0 Å². The number of methoxy groups -OCH3 is 1. The Morgan fingerprint density at radius 1 is 1.13 bits per heavy atom. The fourth-order valence-electron chi connectivity index (χ4n) is 3.83. The van der Waals surface area contributed by atoms with E-state index in [0.29, 0.717) is 48.0 Å². The number of aryl methyl sites for hydroxylation is 1. The summed E-state index contributed by atoms with van der Waals surface area (Å²) in [5.74, 6) is -0.488. The van der Waals surface area contributed by atoms with Crippen LogP contribution in [0.4, 0.5) is 0 Å². The van der Waals surface area contributed by atoms with E-state index in [1.54, 1.807) is 30.0 Å². The summed E-state index contributed by atoms with van der Waals surface area (Å²) in [6.45, 7) is 3.48. The second kappa shape index (κ2) is 9.93. The fourth-order valence-corrected chi connectivity index (χ4v) is 4.07. The van der Waals surface area contributed by atoms with Crippen LogP contribution in [-0.4, -0.2) is 64.9 Å². The molecule has 0 saturated carbocycles. The van der Waals surface area contributed by atoms with Crippen molar-refractivity contribution >= 4 is 23.5 Å². The van der Waals surface area contributed by atoms with Gasteiger partial charge in [-0.25, -0.2) is 9.59 Å². The molecule has 1 aromatic heterocycles. The van der Waals surface area contributed by atoms with Crippen LogP contribution in [0.3, 0.4) is 0 Å². The monoisotopic (exact) mass is 448 g/mol. The smallest absolute Gasteiger partial charge is 0.327 e. The summed E-state index contributed by atoms with van der Waals surface area (Å²) in [5, 5.41) is 0.484. The molecule has 1 aliphatic rings. The van der Waals surface area contributed by atoms with E-state index >= 15 is 0 Å². The number of rotatable bonds is 6. The standard InChI is InChI=1S/C21H25ClN4O5/c1-13-14(19(28)24-21(30)23-13)7-8-17(27)25-9-11-26(12-10-25)18(20(29)31-2)15-5-3-4-6-16(15)22/h3-6,18H,7-12H2,1-2H3,(H2,23,24,28,30). The first-order chi connectivity index (χ1) is 14.8. The van der Waals surface area contributed by atoms with Crippen molar-refractivity contribution in [3.8, 4) is 0 Å². The number of esters is 1. The molecule has 1 fully saturated rings. The lowest BCUT2D eigenvalue weighted by Crippen LogP contribution is -2.51. The van der Waals surface area contributed by atoms with E-state index in [-0.39, 0.29) is 18.7 Å². The predicted molar refractivity (Wildman–Crippen MR) is 115 cm³/mol. The minimum atomic E-state index is -0.640. The number of aromatic nitrogens is 2. The molecule has 2 N–H and O–H groups in total. The van der Waals surface area contributed by atoms with E-state index in [2.05, 4.69) is 9.97 Å². The fraction of sp³-hybridized carbons (Fsp3) is 0.429. The highest BCUT2D eigenvalue weighted by molar-refractivity contribution is 6.31. The summed E-state index contributed by atoms with van der Waals surface area (Å²) in [4.78, 5) is 56.8. The van der Waals surface area contributed by atoms with Gasteiger partial charge in [0.1, 0.15) is 6.04 Å². The molecule has 2 heterocycles. The quantitative estimate of drug-likeness (QED) is 0.637. The Morgan fingerprint density at radius 2 is 1.81 bits per heavy atom. The highest BCUT2D eigenvalue weighted by Gasteiger charge is 2.33. The largest absolute Gasteiger partial charge is 0.468 e. The van der Waals surface area contributed by atoms with Crippen molar-refractivity contribution < 1.29 is 14.3 Å². The Bertz CT molecular complexity index is 1070. The number of H-pyrrole nitrogens is 2. The topological polar surface area (TPSA) is 116 Å². The molecule has 1 saturated heterocycles. The van der Waals surface area contributed by atoms with E-state index in [9.17, 15) is 19.2 Å². The minimum Gasteiger partial charge on any atom is -0.468 e. The summed E-state index contributed by atoms with van der Waals surface area (Å²) < 4.78 is 4.99. The van der Waals surface area contributed by atoms with Crippen molar-refractivity contribution in [3.05, 3.63) is 66.9 Å². The second-order valence-electron chi connectivity index (χ2n) is 7.38. The van der Waals surface area contributed by atoms with E-state index in [1.807, 2.05) is 11.0 Å². The lowest BCUT2D eigenvalue weighted by molar-refractivity contribution is -0.148. The highest BCUT2D eigenvalue weighted by Crippen LogP contribution is 2.29. The molecule has 10 heteroatoms. The highest BCUT2D eigenvalue weighted by atomic mass is 35.5. The van der Waals surface area contributed by atoms with Gasteiger partial charge < -0.3 is 14.6 Å². The molecule has 31 heavy (non-hydrogen) atoms. The van der Waals surface area contributed by atoms with Crippen LogP contribution in [0.25, 0.3) is 0 Å². The number of piperazine rings is 1. The van der Waals surface area contributed by atoms with Gasteiger partial charge in [0.15, 0.2) is 0 Å². The Hall–Kier alpha value is -2.91. The number of amides is 1. The molecule has 0 bridgehead atoms. The number of halogens is 1. The molecular weight excluding hydrogens is 424 g/mol. The molecule has 0 aliphatic carbocycles. The first-order valence-corrected chi connectivity index (χ1v) is 10.4. The van der Waals surface area contributed by atoms with Gasteiger partial charge >= 0.3 is 11.7 Å². The second-order valence-corrected chi connectivity index (χ2v) is 7.78. The van der Waals surface area contributed by atoms with E-state index < -0.39 is 23.3 Å². The molecule has 166 valence electrons. The average molecular weight is 449 g/mol. The number of ether oxygens (including phenoxy) is 1. The summed E-state index contributed by atoms with van der Waals surface area (Å²) in [6.07, 6.45) is 0.391. The maximum Gasteiger partial charge on any atom is 0.327 e. The molecule has 0 spiro atoms. The molecule has 3 rings (SSSR count). The normalized spacial score (nSPS) is 15.5. The lowest BCUT2D eigenvalue weighted by Gasteiger charge is -2.38. The zero-order chi connectivity index (χ0) is 22.5. The van der Waals surface area contributed by atoms with Crippen LogP contribution in [0.2, 0.25) is 5.02 Å². The van der Waals surface area contributed by atoms with Crippen LogP contribution in [0.1, 0.15) is 29.3 Å². The zero-order valence-corrected chi connectivity index (χ0v) is 18.2. The first-order valence-electron chi connectivity index (χ1n) is 9.98. The molecule has 0 radical (unpaired) electrons. The zero-order valence-electron chi connectivity index (χ0n) is 17.4. The summed E-state index contributed by atoms with van der Waals surface area (Å²) in [6, 6.07) is 6.50. The summed E-state index contributed by atoms with van der Waals surface area (Å²) in [5.41, 5.74) is 0.499. The third-order valence-corrected chi connectivity index (χ3v) is 5.84. The molecule has 1 atom stereocenters. The van der Waals surface area contributed by atoms with Crippen LogP contribution in [0, 0.1) is 6.92 Å². The Balaban J connectivity index is 1.63. The molecule has 1 amide bonds. The van der Waals surface area contributed by atoms with E-state index in [1.165, 1.54) is 7.11 Å². The first kappa shape index (κ1) is 22.8. The number of benzene rings is 1. The third-order valence-electron chi connectivity index (χ3n) is 5.50. The predicted octanol–water partition coefficient (Wildman–Crippen LogP) is 1.02. The number of nitrogens with one attached hydrogen (secondary N) is 2. The third kappa shape index (κ3) is 5.23. The Kier molecular flexibility index (Phi) is 7.29. The maximum atomic E-state index is 12.7. The summed E-state index contributed by atoms with van der Waals surface area (Å²) >= 11 is 6.30. The van der Waals surface area contributed by atoms with Gasteiger partial charge in [0, 0.05) is 48.9 Å². The van der Waals surface area contributed by atoms with Crippen molar-refractivity contribution in [2.75, 3.05) is 33.3 Å². The van der Waals surface area contributed by atoms with Gasteiger partial charge in [-0.3, -0.25) is 19.5 Å². The number of hydrogen-bond donors (Lipinski definition) is 2. The van der Waals surface area contributed by atoms with Gasteiger partial charge in [-0.05, 0) is 25.0 Å². The number of nitrogens with zero attached hydrogens (tertiary/aromatic N) is 2. The van der Waals surface area contributed by atoms with Crippen LogP contribution >= 0.6 is 11.6 Å². The van der Waals surface area contributed by atoms with Gasteiger partial charge in [0.2, 0.25) is 5.91 Å². The maximum absolute atomic E-state index is 12.7. The molecular formula is C21H25ClN4O5. The summed E-state index contributed by atoms with van der Waals surface area (Å²) in [7, 11) is 1.34. The number of carbonyl (C=O) groups excluding carboxylic acids is 2. The molecule has 1 aromatic carbocycles. The van der Waals surface area contributed by atoms with Crippen molar-refractivity contribution in [2.24, 2.45) is 0 Å². The Labute approximate surface area is 184 Å². The molecule has 2 aromatic rings. The van der Waals surface area contributed by atoms with Gasteiger partial charge in [-0.1, -0.05) is 29.8 Å². The number of aromatic amines is 2. The number of carbonyl (C=O) groups is 2. The Morgan fingerprint density at radius 3 is 2.42 bits per heavy atom. The lowest BCUT2D eigenvalue weighted by atomic mass is 10.0. The average Bonchev–Trinajstić information content (AvgIpc) is 2.74. The van der Waals surface area contributed by atoms with E-state index in [4.69, 9.17) is 16.3 Å². The van der Waals surface area contributed by atoms with Crippen LogP contribution in [-0.2, 0) is 20.7 Å². The van der Waals surface area contributed by atoms with Crippen LogP contribution in [0.15, 0.2) is 33.9 Å².